The van der Waals surface area contributed by atoms with Gasteiger partial charge in [0.25, 0.3) is 0 Å². The zero-order chi connectivity index (χ0) is 39.8. The van der Waals surface area contributed by atoms with Crippen molar-refractivity contribution in [1.82, 2.24) is 31.1 Å². The lowest BCUT2D eigenvalue weighted by Crippen LogP contribution is -2.58. The lowest BCUT2D eigenvalue weighted by atomic mass is 10.0. The first-order valence-corrected chi connectivity index (χ1v) is 17.9. The second kappa shape index (κ2) is 21.6. The Balaban J connectivity index is 2.10. The number of carbonyl (C=O) groups excluding carboxylic acids is 6. The van der Waals surface area contributed by atoms with E-state index in [0.29, 0.717) is 32.2 Å². The molecule has 20 heteroatoms. The molecule has 0 bridgehead atoms. The van der Waals surface area contributed by atoms with Crippen molar-refractivity contribution in [3.8, 4) is 0 Å². The van der Waals surface area contributed by atoms with Crippen LogP contribution in [0.5, 0.6) is 0 Å². The molecule has 0 aromatic heterocycles. The highest BCUT2D eigenvalue weighted by Crippen LogP contribution is 2.22. The van der Waals surface area contributed by atoms with Crippen molar-refractivity contribution < 1.29 is 58.5 Å². The number of nitrogens with one attached hydrogen (secondary N) is 4. The van der Waals surface area contributed by atoms with Crippen molar-refractivity contribution in [3.63, 3.8) is 0 Å². The Kier molecular flexibility index (Phi) is 18.1. The largest absolute Gasteiger partial charge is 0.481 e. The van der Waals surface area contributed by atoms with Crippen LogP contribution in [0.25, 0.3) is 0 Å². The number of unbranched alkanes of at least 4 members (excludes halogenated alkanes) is 1. The summed E-state index contributed by atoms with van der Waals surface area (Å²) in [6.07, 6.45) is 1.08. The lowest BCUT2D eigenvalue weighted by molar-refractivity contribution is -0.148. The number of aliphatic carboxylic acids is 3. The number of carboxylic acids is 3. The predicted octanol–water partition coefficient (Wildman–Crippen LogP) is -2.53. The number of rotatable bonds is 22. The van der Waals surface area contributed by atoms with E-state index in [4.69, 9.17) is 16.6 Å². The highest BCUT2D eigenvalue weighted by molar-refractivity contribution is 5.97. The summed E-state index contributed by atoms with van der Waals surface area (Å²) in [6, 6.07) is -7.29. The molecule has 0 spiro atoms. The molecule has 6 atom stereocenters. The summed E-state index contributed by atoms with van der Waals surface area (Å²) in [6.45, 7) is 3.54. The summed E-state index contributed by atoms with van der Waals surface area (Å²) in [7, 11) is 0. The molecule has 0 saturated carbocycles. The van der Waals surface area contributed by atoms with Crippen LogP contribution in [-0.2, 0) is 43.2 Å². The highest BCUT2D eigenvalue weighted by atomic mass is 16.4. The summed E-state index contributed by atoms with van der Waals surface area (Å²) in [5, 5.41) is 37.8. The van der Waals surface area contributed by atoms with Crippen LogP contribution in [0.4, 0.5) is 0 Å². The van der Waals surface area contributed by atoms with Crippen molar-refractivity contribution in [1.29, 1.82) is 0 Å². The Labute approximate surface area is 307 Å². The first-order chi connectivity index (χ1) is 25.0. The van der Waals surface area contributed by atoms with Crippen molar-refractivity contribution >= 4 is 53.4 Å². The lowest BCUT2D eigenvalue weighted by Gasteiger charge is -2.30. The Morgan fingerprint density at radius 2 is 1.32 bits per heavy atom. The third-order valence-electron chi connectivity index (χ3n) is 9.03. The number of nitrogens with zero attached hydrogens (tertiary/aromatic N) is 2. The molecule has 2 heterocycles. The maximum absolute atomic E-state index is 13.6. The van der Waals surface area contributed by atoms with Crippen molar-refractivity contribution in [2.45, 2.75) is 121 Å². The smallest absolute Gasteiger partial charge is 0.326 e. The van der Waals surface area contributed by atoms with Gasteiger partial charge in [0.15, 0.2) is 0 Å². The maximum Gasteiger partial charge on any atom is 0.326 e. The molecular formula is C33H54N8O12. The van der Waals surface area contributed by atoms with E-state index in [9.17, 15) is 53.4 Å². The molecule has 0 radical (unpaired) electrons. The van der Waals surface area contributed by atoms with Crippen molar-refractivity contribution in [2.75, 3.05) is 26.2 Å². The minimum Gasteiger partial charge on any atom is -0.481 e. The molecule has 53 heavy (non-hydrogen) atoms. The Hall–Kier alpha value is -4.85. The molecule has 6 amide bonds. The highest BCUT2D eigenvalue weighted by Gasteiger charge is 2.41. The topological polar surface area (TPSA) is 321 Å². The minimum atomic E-state index is -1.60. The van der Waals surface area contributed by atoms with Crippen LogP contribution in [-0.4, -0.2) is 141 Å². The molecule has 20 nitrogen and oxygen atoms in total. The Morgan fingerprint density at radius 1 is 0.736 bits per heavy atom. The zero-order valence-electron chi connectivity index (χ0n) is 30.2. The van der Waals surface area contributed by atoms with Gasteiger partial charge in [0.1, 0.15) is 30.2 Å². The number of amides is 6. The Bertz CT molecular complexity index is 1360. The van der Waals surface area contributed by atoms with Gasteiger partial charge in [-0.3, -0.25) is 38.4 Å². The van der Waals surface area contributed by atoms with Crippen LogP contribution in [0.2, 0.25) is 0 Å². The van der Waals surface area contributed by atoms with Crippen molar-refractivity contribution in [2.24, 2.45) is 17.4 Å². The third kappa shape index (κ3) is 14.2. The Morgan fingerprint density at radius 3 is 1.87 bits per heavy atom. The van der Waals surface area contributed by atoms with E-state index in [1.165, 1.54) is 4.90 Å². The second-order valence-electron chi connectivity index (χ2n) is 13.7. The van der Waals surface area contributed by atoms with Gasteiger partial charge in [0.2, 0.25) is 35.4 Å². The SMILES string of the molecule is CC(C)CC(NC(=O)C1CCCN1C(=O)C(CC(=O)O)NC(=O)C1CCCN1C(=O)CNC(=O)C(CCCCN)NC(=O)C(N)CCC(=O)O)C(=O)O. The summed E-state index contributed by atoms with van der Waals surface area (Å²) < 4.78 is 0. The molecule has 0 aliphatic carbocycles. The molecule has 0 aromatic rings. The molecule has 2 aliphatic heterocycles. The van der Waals surface area contributed by atoms with Crippen LogP contribution in [0.15, 0.2) is 0 Å². The number of hydrogen-bond donors (Lipinski definition) is 9. The van der Waals surface area contributed by atoms with Crippen LogP contribution >= 0.6 is 0 Å². The molecule has 2 saturated heterocycles. The van der Waals surface area contributed by atoms with Gasteiger partial charge in [-0.15, -0.1) is 0 Å². The molecule has 11 N–H and O–H groups in total. The fourth-order valence-electron chi connectivity index (χ4n) is 6.28. The first kappa shape index (κ1) is 44.3. The molecule has 6 unspecified atom stereocenters. The minimum absolute atomic E-state index is 0.0511. The monoisotopic (exact) mass is 754 g/mol. The molecular weight excluding hydrogens is 700 g/mol. The van der Waals surface area contributed by atoms with Crippen LogP contribution in [0.1, 0.15) is 84.5 Å². The van der Waals surface area contributed by atoms with E-state index in [1.807, 2.05) is 0 Å². The molecule has 2 fully saturated rings. The van der Waals surface area contributed by atoms with Crippen LogP contribution < -0.4 is 32.7 Å². The van der Waals surface area contributed by atoms with Crippen LogP contribution in [0, 0.1) is 5.92 Å². The average molecular weight is 755 g/mol. The average Bonchev–Trinajstić information content (AvgIpc) is 3.78. The normalized spacial score (nSPS) is 19.1. The van der Waals surface area contributed by atoms with E-state index in [2.05, 4.69) is 21.3 Å². The number of hydrogen-bond acceptors (Lipinski definition) is 11. The fourth-order valence-corrected chi connectivity index (χ4v) is 6.28. The van der Waals surface area contributed by atoms with E-state index < -0.39 is 103 Å². The van der Waals surface area contributed by atoms with Gasteiger partial charge in [-0.2, -0.15) is 0 Å². The summed E-state index contributed by atoms with van der Waals surface area (Å²) in [5.74, 6) is -8.33. The van der Waals surface area contributed by atoms with Gasteiger partial charge in [-0.05, 0) is 70.3 Å². The number of carbonyl (C=O) groups is 9. The number of nitrogens with two attached hydrogens (primary N) is 2. The molecule has 298 valence electrons. The summed E-state index contributed by atoms with van der Waals surface area (Å²) in [4.78, 5) is 116. The maximum atomic E-state index is 13.6. The van der Waals surface area contributed by atoms with Gasteiger partial charge in [0.05, 0.1) is 19.0 Å². The fraction of sp³-hybridized carbons (Fsp3) is 0.727. The summed E-state index contributed by atoms with van der Waals surface area (Å²) >= 11 is 0. The van der Waals surface area contributed by atoms with E-state index in [0.717, 1.165) is 4.90 Å². The van der Waals surface area contributed by atoms with Gasteiger partial charge >= 0.3 is 17.9 Å². The van der Waals surface area contributed by atoms with Crippen LogP contribution in [0.3, 0.4) is 0 Å². The predicted molar refractivity (Wildman–Crippen MR) is 185 cm³/mol. The quantitative estimate of drug-likeness (QED) is 0.0515. The van der Waals surface area contributed by atoms with E-state index >= 15 is 0 Å². The summed E-state index contributed by atoms with van der Waals surface area (Å²) in [5.41, 5.74) is 11.3. The van der Waals surface area contributed by atoms with Gasteiger partial charge in [-0.25, -0.2) is 4.79 Å². The van der Waals surface area contributed by atoms with Gasteiger partial charge in [-0.1, -0.05) is 13.8 Å². The third-order valence-corrected chi connectivity index (χ3v) is 9.03. The van der Waals surface area contributed by atoms with Gasteiger partial charge < -0.3 is 57.9 Å². The molecule has 2 aliphatic rings. The number of carboxylic acid groups (broad SMARTS) is 3. The zero-order valence-corrected chi connectivity index (χ0v) is 30.2. The van der Waals surface area contributed by atoms with E-state index in [1.54, 1.807) is 13.8 Å². The first-order valence-electron chi connectivity index (χ1n) is 17.9. The standard InChI is InChI=1S/C33H54N8O12/c1-18(2)15-22(33(52)53)39-31(50)24-9-6-14-41(24)32(51)21(16-27(45)46)38-30(49)23-8-5-13-40(23)25(42)17-36-29(48)20(7-3-4-12-34)37-28(47)19(35)10-11-26(43)44/h18-24H,3-17,34-35H2,1-2H3,(H,36,48)(H,37,47)(H,38,49)(H,39,50)(H,43,44)(H,45,46)(H,52,53). The molecule has 0 aromatic carbocycles. The van der Waals surface area contributed by atoms with Crippen molar-refractivity contribution in [3.05, 3.63) is 0 Å². The van der Waals surface area contributed by atoms with E-state index in [-0.39, 0.29) is 57.5 Å². The van der Waals surface area contributed by atoms with Gasteiger partial charge in [0, 0.05) is 19.5 Å². The second-order valence-corrected chi connectivity index (χ2v) is 13.7. The number of likely N-dealkylation sites (tertiary alicyclic amines) is 2. The molecule has 2 rings (SSSR count).